The number of hydrogen-bond donors (Lipinski definition) is 2. The van der Waals surface area contributed by atoms with E-state index in [0.29, 0.717) is 27.9 Å². The molecule has 2 aliphatic carbocycles. The van der Waals surface area contributed by atoms with Crippen molar-refractivity contribution in [3.8, 4) is 0 Å². The highest BCUT2D eigenvalue weighted by Crippen LogP contribution is 2.71. The highest BCUT2D eigenvalue weighted by molar-refractivity contribution is 6.35. The topological polar surface area (TPSA) is 61.7 Å². The summed E-state index contributed by atoms with van der Waals surface area (Å²) < 4.78 is 0. The number of nitrogens with one attached hydrogen (secondary N) is 1. The van der Waals surface area contributed by atoms with Crippen LogP contribution >= 0.6 is 23.2 Å². The van der Waals surface area contributed by atoms with Crippen LogP contribution in [0.5, 0.6) is 0 Å². The second-order valence-corrected chi connectivity index (χ2v) is 8.25. The molecule has 2 fully saturated rings. The molecule has 0 heterocycles. The first-order valence-electron chi connectivity index (χ1n) is 7.65. The lowest BCUT2D eigenvalue weighted by molar-refractivity contribution is -0.130. The Balaban J connectivity index is 1.96. The van der Waals surface area contributed by atoms with Crippen LogP contribution in [0.25, 0.3) is 0 Å². The van der Waals surface area contributed by atoms with E-state index < -0.39 is 5.41 Å². The van der Waals surface area contributed by atoms with Gasteiger partial charge in [0.15, 0.2) is 0 Å². The Morgan fingerprint density at radius 1 is 1.17 bits per heavy atom. The molecule has 23 heavy (non-hydrogen) atoms. The molecule has 0 radical (unpaired) electrons. The van der Waals surface area contributed by atoms with Gasteiger partial charge in [-0.25, -0.2) is 0 Å². The lowest BCUT2D eigenvalue weighted by Crippen LogP contribution is -2.43. The van der Waals surface area contributed by atoms with Crippen LogP contribution in [0.3, 0.4) is 0 Å². The summed E-state index contributed by atoms with van der Waals surface area (Å²) in [6.45, 7) is 6.26. The molecule has 2 saturated carbocycles. The fourth-order valence-electron chi connectivity index (χ4n) is 4.41. The van der Waals surface area contributed by atoms with E-state index in [1.807, 2.05) is 0 Å². The van der Waals surface area contributed by atoms with Gasteiger partial charge in [0.2, 0.25) is 5.91 Å². The van der Waals surface area contributed by atoms with Gasteiger partial charge in [-0.1, -0.05) is 49.1 Å². The largest absolute Gasteiger partial charge is 0.411 e. The van der Waals surface area contributed by atoms with Crippen LogP contribution in [-0.4, -0.2) is 16.8 Å². The Hall–Kier alpha value is -1.26. The molecule has 1 amide bonds. The van der Waals surface area contributed by atoms with Crippen LogP contribution in [0.15, 0.2) is 23.4 Å². The maximum atomic E-state index is 13.1. The number of anilines is 1. The summed E-state index contributed by atoms with van der Waals surface area (Å²) in [6, 6.07) is 4.98. The Bertz CT molecular complexity index is 696. The minimum absolute atomic E-state index is 0.0665. The number of nitrogens with zero attached hydrogens (tertiary/aromatic N) is 1. The Labute approximate surface area is 145 Å². The molecular formula is C17H20Cl2N2O2. The molecule has 2 unspecified atom stereocenters. The summed E-state index contributed by atoms with van der Waals surface area (Å²) in [5, 5.41) is 16.8. The summed E-state index contributed by atoms with van der Waals surface area (Å²) in [5.74, 6) is -0.0665. The summed E-state index contributed by atoms with van der Waals surface area (Å²) in [4.78, 5) is 13.1. The molecule has 1 aromatic carbocycles. The van der Waals surface area contributed by atoms with Crippen LogP contribution in [0, 0.1) is 16.2 Å². The Morgan fingerprint density at radius 2 is 1.78 bits per heavy atom. The predicted octanol–water partition coefficient (Wildman–Crippen LogP) is 4.98. The van der Waals surface area contributed by atoms with Crippen molar-refractivity contribution < 1.29 is 10.0 Å². The first-order valence-corrected chi connectivity index (χ1v) is 8.41. The van der Waals surface area contributed by atoms with Crippen molar-refractivity contribution in [3.05, 3.63) is 28.2 Å². The number of halogens is 2. The smallest absolute Gasteiger partial charge is 0.231 e. The first kappa shape index (κ1) is 16.6. The third-order valence-electron chi connectivity index (χ3n) is 6.41. The second kappa shape index (κ2) is 5.12. The Kier molecular flexibility index (Phi) is 3.69. The van der Waals surface area contributed by atoms with Crippen molar-refractivity contribution in [1.29, 1.82) is 0 Å². The number of benzene rings is 1. The van der Waals surface area contributed by atoms with Gasteiger partial charge in [-0.2, -0.15) is 0 Å². The van der Waals surface area contributed by atoms with Gasteiger partial charge in [0.1, 0.15) is 0 Å². The van der Waals surface area contributed by atoms with Crippen molar-refractivity contribution in [2.75, 3.05) is 5.32 Å². The number of fused-ring (bicyclic) bond motifs is 2. The molecule has 1 aromatic rings. The summed E-state index contributed by atoms with van der Waals surface area (Å²) in [7, 11) is 0. The number of carbonyl (C=O) groups excluding carboxylic acids is 1. The van der Waals surface area contributed by atoms with Crippen LogP contribution in [0.2, 0.25) is 10.0 Å². The van der Waals surface area contributed by atoms with Crippen LogP contribution in [0.4, 0.5) is 5.69 Å². The van der Waals surface area contributed by atoms with Crippen molar-refractivity contribution in [2.24, 2.45) is 21.4 Å². The SMILES string of the molecule is CC12CCC(C(=O)Nc3cc(Cl)cc(Cl)c3)(C/C1=N\O)C2(C)C. The second-order valence-electron chi connectivity index (χ2n) is 7.37. The van der Waals surface area contributed by atoms with E-state index in [0.717, 1.165) is 12.8 Å². The van der Waals surface area contributed by atoms with Gasteiger partial charge in [-0.15, -0.1) is 0 Å². The average Bonchev–Trinajstić information content (AvgIpc) is 2.75. The zero-order valence-corrected chi connectivity index (χ0v) is 14.9. The number of carbonyl (C=O) groups is 1. The van der Waals surface area contributed by atoms with Crippen LogP contribution in [0.1, 0.15) is 40.0 Å². The van der Waals surface area contributed by atoms with Crippen molar-refractivity contribution >= 4 is 40.5 Å². The van der Waals surface area contributed by atoms with Gasteiger partial charge >= 0.3 is 0 Å². The molecule has 0 aliphatic heterocycles. The first-order chi connectivity index (χ1) is 10.7. The summed E-state index contributed by atoms with van der Waals surface area (Å²) in [5.41, 5.74) is 0.158. The zero-order chi connectivity index (χ0) is 17.0. The number of oxime groups is 1. The highest BCUT2D eigenvalue weighted by atomic mass is 35.5. The molecule has 0 spiro atoms. The maximum Gasteiger partial charge on any atom is 0.231 e. The minimum Gasteiger partial charge on any atom is -0.411 e. The third kappa shape index (κ3) is 2.11. The van der Waals surface area contributed by atoms with E-state index in [2.05, 4.69) is 31.2 Å². The Morgan fingerprint density at radius 3 is 2.30 bits per heavy atom. The molecule has 2 atom stereocenters. The zero-order valence-electron chi connectivity index (χ0n) is 13.4. The van der Waals surface area contributed by atoms with Gasteiger partial charge in [0.05, 0.1) is 11.1 Å². The van der Waals surface area contributed by atoms with Crippen LogP contribution < -0.4 is 5.32 Å². The molecular weight excluding hydrogens is 335 g/mol. The van der Waals surface area contributed by atoms with Crippen LogP contribution in [-0.2, 0) is 4.79 Å². The molecule has 0 aromatic heterocycles. The van der Waals surface area contributed by atoms with Gasteiger partial charge in [0, 0.05) is 27.6 Å². The highest BCUT2D eigenvalue weighted by Gasteiger charge is 2.71. The van der Waals surface area contributed by atoms with E-state index in [-0.39, 0.29) is 16.7 Å². The molecule has 0 saturated heterocycles. The van der Waals surface area contributed by atoms with Gasteiger partial charge < -0.3 is 10.5 Å². The predicted molar refractivity (Wildman–Crippen MR) is 92.5 cm³/mol. The minimum atomic E-state index is -0.585. The summed E-state index contributed by atoms with van der Waals surface area (Å²) >= 11 is 12.0. The molecule has 4 nitrogen and oxygen atoms in total. The standard InChI is InChI=1S/C17H20Cl2N2O2/c1-15(2)16(3)4-5-17(15,9-13(16)21-23)14(22)20-12-7-10(18)6-11(19)8-12/h6-8,23H,4-5,9H2,1-3H3,(H,20,22)/b21-13+. The van der Waals surface area contributed by atoms with Crippen molar-refractivity contribution in [1.82, 2.24) is 0 Å². The maximum absolute atomic E-state index is 13.1. The lowest BCUT2D eigenvalue weighted by Gasteiger charge is -2.39. The third-order valence-corrected chi connectivity index (χ3v) is 6.85. The normalized spacial score (nSPS) is 33.2. The van der Waals surface area contributed by atoms with E-state index in [9.17, 15) is 10.0 Å². The molecule has 124 valence electrons. The van der Waals surface area contributed by atoms with Crippen molar-refractivity contribution in [2.45, 2.75) is 40.0 Å². The van der Waals surface area contributed by atoms with Gasteiger partial charge in [-0.05, 0) is 36.5 Å². The molecule has 3 rings (SSSR count). The summed E-state index contributed by atoms with van der Waals surface area (Å²) in [6.07, 6.45) is 2.09. The van der Waals surface area contributed by atoms with Crippen molar-refractivity contribution in [3.63, 3.8) is 0 Å². The quantitative estimate of drug-likeness (QED) is 0.581. The number of amides is 1. The fourth-order valence-corrected chi connectivity index (χ4v) is 4.94. The van der Waals surface area contributed by atoms with E-state index >= 15 is 0 Å². The van der Waals surface area contributed by atoms with Gasteiger partial charge in [0.25, 0.3) is 0 Å². The van der Waals surface area contributed by atoms with E-state index in [1.54, 1.807) is 18.2 Å². The molecule has 2 bridgehead atoms. The van der Waals surface area contributed by atoms with E-state index in [1.165, 1.54) is 0 Å². The average molecular weight is 355 g/mol. The molecule has 6 heteroatoms. The van der Waals surface area contributed by atoms with Gasteiger partial charge in [-0.3, -0.25) is 4.79 Å². The monoisotopic (exact) mass is 354 g/mol. The number of hydrogen-bond acceptors (Lipinski definition) is 3. The molecule has 2 aliphatic rings. The van der Waals surface area contributed by atoms with E-state index in [4.69, 9.17) is 23.2 Å². The number of rotatable bonds is 2. The fraction of sp³-hybridized carbons (Fsp3) is 0.529. The lowest BCUT2D eigenvalue weighted by atomic mass is 9.64. The molecule has 2 N–H and O–H groups in total.